The van der Waals surface area contributed by atoms with Crippen molar-refractivity contribution in [2.24, 2.45) is 0 Å². The van der Waals surface area contributed by atoms with Crippen molar-refractivity contribution in [1.29, 1.82) is 0 Å². The number of likely N-dealkylation sites (N-methyl/N-ethyl adjacent to an activating group) is 1. The second-order valence-corrected chi connectivity index (χ2v) is 3.35. The van der Waals surface area contributed by atoms with Crippen LogP contribution in [0.25, 0.3) is 0 Å². The third-order valence-electron chi connectivity index (χ3n) is 2.06. The van der Waals surface area contributed by atoms with Gasteiger partial charge in [-0.15, -0.1) is 0 Å². The average Bonchev–Trinajstić information content (AvgIpc) is 2.34. The van der Waals surface area contributed by atoms with Crippen LogP contribution in [0.15, 0.2) is 0 Å². The van der Waals surface area contributed by atoms with E-state index in [9.17, 15) is 0 Å². The van der Waals surface area contributed by atoms with Crippen LogP contribution in [-0.2, 0) is 0 Å². The summed E-state index contributed by atoms with van der Waals surface area (Å²) in [6.45, 7) is 5.12. The number of hydrogen-bond donors (Lipinski definition) is 0. The molecule has 1 fully saturated rings. The Labute approximate surface area is 80.5 Å². The first kappa shape index (κ1) is 14.6. The molecule has 0 atom stereocenters. The monoisotopic (exact) mass is 164 g/mol. The molecule has 2 nitrogen and oxygen atoms in total. The summed E-state index contributed by atoms with van der Waals surface area (Å²) in [5.41, 5.74) is 0. The second kappa shape index (κ2) is 7.69. The van der Waals surface area contributed by atoms with Gasteiger partial charge in [0.15, 0.2) is 0 Å². The van der Waals surface area contributed by atoms with Gasteiger partial charge in [-0.05, 0) is 40.0 Å². The molecule has 0 aromatic heterocycles. The predicted octanol–water partition coefficient (Wildman–Crippen LogP) is -0.118. The Kier molecular flexibility index (Phi) is 9.33. The van der Waals surface area contributed by atoms with E-state index in [1.165, 1.54) is 39.0 Å². The largest absolute Gasteiger partial charge is 0.308 e. The normalized spacial score (nSPS) is 17.2. The topological polar surface area (TPSA) is 6.48 Å². The van der Waals surface area contributed by atoms with Crippen LogP contribution < -0.4 is 0 Å². The molecule has 0 bridgehead atoms. The molecule has 1 aliphatic heterocycles. The lowest BCUT2D eigenvalue weighted by molar-refractivity contribution is 0.284. The van der Waals surface area contributed by atoms with Gasteiger partial charge in [0.25, 0.3) is 0 Å². The van der Waals surface area contributed by atoms with Gasteiger partial charge in [-0.3, -0.25) is 0 Å². The first-order chi connectivity index (χ1) is 4.79. The average molecular weight is 164 g/mol. The molecule has 0 spiro atoms. The summed E-state index contributed by atoms with van der Waals surface area (Å²) < 4.78 is 0. The summed E-state index contributed by atoms with van der Waals surface area (Å²) in [6.07, 6.45) is 2.82. The number of likely N-dealkylation sites (tertiary alicyclic amines) is 1. The lowest BCUT2D eigenvalue weighted by Crippen LogP contribution is -2.29. The van der Waals surface area contributed by atoms with Gasteiger partial charge in [-0.1, -0.05) is 0 Å². The van der Waals surface area contributed by atoms with Gasteiger partial charge in [0, 0.05) is 29.9 Å². The van der Waals surface area contributed by atoms with Crippen LogP contribution in [0.3, 0.4) is 0 Å². The highest BCUT2D eigenvalue weighted by Crippen LogP contribution is 2.05. The maximum absolute atomic E-state index is 2.54. The molecule has 1 saturated heterocycles. The highest BCUT2D eigenvalue weighted by Gasteiger charge is 2.10. The van der Waals surface area contributed by atoms with Crippen molar-refractivity contribution in [3.63, 3.8) is 0 Å². The smallest absolute Gasteiger partial charge is 0.0109 e. The van der Waals surface area contributed by atoms with E-state index in [4.69, 9.17) is 0 Å². The third-order valence-corrected chi connectivity index (χ3v) is 2.06. The Hall–Kier alpha value is 0.0499. The fourth-order valence-electron chi connectivity index (χ4n) is 1.35. The van der Waals surface area contributed by atoms with E-state index < -0.39 is 0 Å². The van der Waals surface area contributed by atoms with Crippen molar-refractivity contribution in [3.05, 3.63) is 0 Å². The van der Waals surface area contributed by atoms with Crippen LogP contribution in [0.2, 0.25) is 0 Å². The van der Waals surface area contributed by atoms with Crippen molar-refractivity contribution >= 4 is 16.8 Å². The minimum absolute atomic E-state index is 0. The quantitative estimate of drug-likeness (QED) is 0.536. The van der Waals surface area contributed by atoms with Crippen LogP contribution >= 0.6 is 0 Å². The highest BCUT2D eigenvalue weighted by atomic mass is 15.2. The summed E-state index contributed by atoms with van der Waals surface area (Å²) >= 11 is 0. The van der Waals surface area contributed by atoms with E-state index in [2.05, 4.69) is 23.9 Å². The highest BCUT2D eigenvalue weighted by molar-refractivity contribution is 5.76. The molecule has 66 valence electrons. The first-order valence-electron chi connectivity index (χ1n) is 4.16. The third kappa shape index (κ3) is 5.67. The van der Waals surface area contributed by atoms with Crippen LogP contribution in [-0.4, -0.2) is 66.9 Å². The van der Waals surface area contributed by atoms with Gasteiger partial charge < -0.3 is 9.80 Å². The van der Waals surface area contributed by atoms with Gasteiger partial charge >= 0.3 is 0 Å². The van der Waals surface area contributed by atoms with Gasteiger partial charge in [-0.2, -0.15) is 0 Å². The van der Waals surface area contributed by atoms with E-state index >= 15 is 0 Å². The van der Waals surface area contributed by atoms with Crippen LogP contribution in [0.5, 0.6) is 0 Å². The molecule has 0 aromatic carbocycles. The zero-order valence-corrected chi connectivity index (χ0v) is 8.29. The molecule has 0 aromatic rings. The van der Waals surface area contributed by atoms with E-state index in [1.54, 1.807) is 0 Å². The number of hydrogen-bond acceptors (Lipinski definition) is 2. The maximum atomic E-state index is 2.54. The first-order valence-corrected chi connectivity index (χ1v) is 4.16. The molecule has 0 N–H and O–H groups in total. The summed E-state index contributed by atoms with van der Waals surface area (Å²) in [7, 11) is 4.27. The van der Waals surface area contributed by atoms with Crippen molar-refractivity contribution in [3.8, 4) is 0 Å². The lowest BCUT2D eigenvalue weighted by Gasteiger charge is -2.17. The Morgan fingerprint density at radius 2 is 1.58 bits per heavy atom. The van der Waals surface area contributed by atoms with Gasteiger partial charge in [-0.25, -0.2) is 0 Å². The Morgan fingerprint density at radius 1 is 1.08 bits per heavy atom. The summed E-state index contributed by atoms with van der Waals surface area (Å²) in [5.74, 6) is 0. The number of nitrogens with zero attached hydrogens (tertiary/aromatic N) is 2. The van der Waals surface area contributed by atoms with Crippen molar-refractivity contribution in [2.45, 2.75) is 12.8 Å². The van der Waals surface area contributed by atoms with E-state index in [0.717, 1.165) is 0 Å². The minimum atomic E-state index is 0. The molecule has 6 radical (unpaired) electrons. The molecule has 0 unspecified atom stereocenters. The standard InChI is InChI=1S/C8H18N2.2B/c1-9(2)7-8-10-5-3-4-6-10;;/h3-8H2,1-2H3;;. The van der Waals surface area contributed by atoms with Gasteiger partial charge in [0.1, 0.15) is 0 Å². The molecule has 0 aliphatic carbocycles. The molecule has 0 saturated carbocycles. The SMILES string of the molecule is CN(C)CCN1CCCC1.[B].[B]. The van der Waals surface area contributed by atoms with Gasteiger partial charge in [0.05, 0.1) is 0 Å². The van der Waals surface area contributed by atoms with Crippen molar-refractivity contribution in [1.82, 2.24) is 9.80 Å². The van der Waals surface area contributed by atoms with Crippen molar-refractivity contribution < 1.29 is 0 Å². The molecule has 1 aliphatic rings. The second-order valence-electron chi connectivity index (χ2n) is 3.35. The van der Waals surface area contributed by atoms with E-state index in [0.29, 0.717) is 0 Å². The van der Waals surface area contributed by atoms with Crippen molar-refractivity contribution in [2.75, 3.05) is 40.3 Å². The van der Waals surface area contributed by atoms with Crippen LogP contribution in [0.4, 0.5) is 0 Å². The molecule has 1 rings (SSSR count). The fraction of sp³-hybridized carbons (Fsp3) is 1.00. The zero-order chi connectivity index (χ0) is 7.40. The molecule has 0 amide bonds. The zero-order valence-electron chi connectivity index (χ0n) is 8.29. The van der Waals surface area contributed by atoms with E-state index in [-0.39, 0.29) is 16.8 Å². The molecule has 1 heterocycles. The van der Waals surface area contributed by atoms with E-state index in [1.807, 2.05) is 0 Å². The Balaban J connectivity index is 0. The van der Waals surface area contributed by atoms with Crippen LogP contribution in [0, 0.1) is 0 Å². The molecule has 12 heavy (non-hydrogen) atoms. The minimum Gasteiger partial charge on any atom is -0.308 e. The Bertz CT molecular complexity index is 93.1. The fourth-order valence-corrected chi connectivity index (χ4v) is 1.35. The molecule has 4 heteroatoms. The summed E-state index contributed by atoms with van der Waals surface area (Å²) in [5, 5.41) is 0. The molecular formula is C8H18B2N2. The Morgan fingerprint density at radius 3 is 2.00 bits per heavy atom. The maximum Gasteiger partial charge on any atom is 0.0109 e. The predicted molar refractivity (Wildman–Crippen MR) is 55.7 cm³/mol. The lowest BCUT2D eigenvalue weighted by atomic mass is 10.4. The van der Waals surface area contributed by atoms with Gasteiger partial charge in [0.2, 0.25) is 0 Å². The van der Waals surface area contributed by atoms with Crippen LogP contribution in [0.1, 0.15) is 12.8 Å². The number of rotatable bonds is 3. The summed E-state index contributed by atoms with van der Waals surface area (Å²) in [4.78, 5) is 4.79. The molecular weight excluding hydrogens is 146 g/mol. The summed E-state index contributed by atoms with van der Waals surface area (Å²) in [6, 6.07) is 0.